The first-order chi connectivity index (χ1) is 7.65. The van der Waals surface area contributed by atoms with Gasteiger partial charge in [0.15, 0.2) is 0 Å². The maximum Gasteiger partial charge on any atom is 0.132 e. The van der Waals surface area contributed by atoms with E-state index in [4.69, 9.17) is 16.3 Å². The van der Waals surface area contributed by atoms with Crippen molar-refractivity contribution >= 4 is 11.6 Å². The number of benzene rings is 1. The standard InChI is InChI=1S/C12H13ClN2O/c1-9-6-11(14-15(9)2)8-16-12-5-3-4-10(13)7-12/h3-7H,8H2,1-2H3. The van der Waals surface area contributed by atoms with Crippen LogP contribution in [-0.2, 0) is 13.7 Å². The summed E-state index contributed by atoms with van der Waals surface area (Å²) in [6, 6.07) is 9.35. The van der Waals surface area contributed by atoms with Crippen LogP contribution >= 0.6 is 11.6 Å². The molecule has 0 saturated carbocycles. The summed E-state index contributed by atoms with van der Waals surface area (Å²) in [6.07, 6.45) is 0. The lowest BCUT2D eigenvalue weighted by molar-refractivity contribution is 0.300. The van der Waals surface area contributed by atoms with Crippen LogP contribution < -0.4 is 4.74 Å². The lowest BCUT2D eigenvalue weighted by Gasteiger charge is -2.03. The summed E-state index contributed by atoms with van der Waals surface area (Å²) >= 11 is 5.86. The number of rotatable bonds is 3. The normalized spacial score (nSPS) is 10.4. The Morgan fingerprint density at radius 2 is 2.19 bits per heavy atom. The van der Waals surface area contributed by atoms with Crippen molar-refractivity contribution in [2.75, 3.05) is 0 Å². The Labute approximate surface area is 99.6 Å². The van der Waals surface area contributed by atoms with Crippen LogP contribution in [0, 0.1) is 6.92 Å². The van der Waals surface area contributed by atoms with E-state index in [1.165, 1.54) is 0 Å². The highest BCUT2D eigenvalue weighted by Crippen LogP contribution is 2.18. The van der Waals surface area contributed by atoms with Crippen molar-refractivity contribution in [1.29, 1.82) is 0 Å². The third-order valence-corrected chi connectivity index (χ3v) is 2.58. The Kier molecular flexibility index (Phi) is 3.15. The van der Waals surface area contributed by atoms with Gasteiger partial charge in [0.05, 0.1) is 0 Å². The number of ether oxygens (including phenoxy) is 1. The average molecular weight is 237 g/mol. The highest BCUT2D eigenvalue weighted by atomic mass is 35.5. The van der Waals surface area contributed by atoms with E-state index < -0.39 is 0 Å². The predicted octanol–water partition coefficient (Wildman–Crippen LogP) is 2.96. The lowest BCUT2D eigenvalue weighted by Crippen LogP contribution is -1.98. The summed E-state index contributed by atoms with van der Waals surface area (Å²) in [6.45, 7) is 2.47. The molecule has 84 valence electrons. The predicted molar refractivity (Wildman–Crippen MR) is 63.7 cm³/mol. The molecular formula is C12H13ClN2O. The first-order valence-electron chi connectivity index (χ1n) is 5.03. The topological polar surface area (TPSA) is 27.1 Å². The Morgan fingerprint density at radius 3 is 2.81 bits per heavy atom. The number of aromatic nitrogens is 2. The number of halogens is 1. The van der Waals surface area contributed by atoms with Gasteiger partial charge in [-0.05, 0) is 31.2 Å². The molecule has 0 spiro atoms. The Balaban J connectivity index is 2.02. The zero-order valence-corrected chi connectivity index (χ0v) is 10.0. The minimum Gasteiger partial charge on any atom is -0.487 e. The third kappa shape index (κ3) is 2.55. The van der Waals surface area contributed by atoms with Gasteiger partial charge in [-0.3, -0.25) is 4.68 Å². The highest BCUT2D eigenvalue weighted by Gasteiger charge is 2.02. The first-order valence-corrected chi connectivity index (χ1v) is 5.41. The monoisotopic (exact) mass is 236 g/mol. The molecule has 1 aromatic heterocycles. The second-order valence-corrected chi connectivity index (χ2v) is 4.08. The molecule has 1 aromatic carbocycles. The molecule has 0 aliphatic carbocycles. The molecule has 0 atom stereocenters. The van der Waals surface area contributed by atoms with E-state index in [-0.39, 0.29) is 0 Å². The SMILES string of the molecule is Cc1cc(COc2cccc(Cl)c2)nn1C. The number of hydrogen-bond donors (Lipinski definition) is 0. The lowest BCUT2D eigenvalue weighted by atomic mass is 10.3. The van der Waals surface area contributed by atoms with Gasteiger partial charge in [0.1, 0.15) is 18.1 Å². The zero-order chi connectivity index (χ0) is 11.5. The van der Waals surface area contributed by atoms with Crippen molar-refractivity contribution in [2.24, 2.45) is 7.05 Å². The van der Waals surface area contributed by atoms with Crippen LogP contribution in [0.5, 0.6) is 5.75 Å². The van der Waals surface area contributed by atoms with Crippen molar-refractivity contribution in [3.63, 3.8) is 0 Å². The molecule has 0 unspecified atom stereocenters. The van der Waals surface area contributed by atoms with Gasteiger partial charge in [-0.2, -0.15) is 5.10 Å². The molecule has 0 radical (unpaired) electrons. The Bertz CT molecular complexity index is 474. The molecule has 0 bridgehead atoms. The van der Waals surface area contributed by atoms with Gasteiger partial charge in [0.2, 0.25) is 0 Å². The molecule has 3 nitrogen and oxygen atoms in total. The fourth-order valence-electron chi connectivity index (χ4n) is 1.42. The van der Waals surface area contributed by atoms with Crippen molar-refractivity contribution in [1.82, 2.24) is 9.78 Å². The first kappa shape index (κ1) is 11.0. The van der Waals surface area contributed by atoms with Crippen LogP contribution in [0.15, 0.2) is 30.3 Å². The van der Waals surface area contributed by atoms with Gasteiger partial charge >= 0.3 is 0 Å². The number of nitrogens with zero attached hydrogens (tertiary/aromatic N) is 2. The van der Waals surface area contributed by atoms with Gasteiger partial charge in [0, 0.05) is 17.8 Å². The fraction of sp³-hybridized carbons (Fsp3) is 0.250. The molecule has 0 saturated heterocycles. The Morgan fingerprint density at radius 1 is 1.38 bits per heavy atom. The van der Waals surface area contributed by atoms with Gasteiger partial charge in [-0.15, -0.1) is 0 Å². The molecule has 16 heavy (non-hydrogen) atoms. The second-order valence-electron chi connectivity index (χ2n) is 3.65. The largest absolute Gasteiger partial charge is 0.487 e. The molecule has 0 aliphatic rings. The smallest absolute Gasteiger partial charge is 0.132 e. The van der Waals surface area contributed by atoms with E-state index in [0.717, 1.165) is 17.1 Å². The highest BCUT2D eigenvalue weighted by molar-refractivity contribution is 6.30. The van der Waals surface area contributed by atoms with Crippen LogP contribution in [-0.4, -0.2) is 9.78 Å². The van der Waals surface area contributed by atoms with Crippen molar-refractivity contribution in [2.45, 2.75) is 13.5 Å². The van der Waals surface area contributed by atoms with E-state index in [2.05, 4.69) is 5.10 Å². The summed E-state index contributed by atoms with van der Waals surface area (Å²) in [5.74, 6) is 0.760. The average Bonchev–Trinajstić information content (AvgIpc) is 2.56. The van der Waals surface area contributed by atoms with E-state index in [9.17, 15) is 0 Å². The van der Waals surface area contributed by atoms with Crippen LogP contribution in [0.25, 0.3) is 0 Å². The van der Waals surface area contributed by atoms with E-state index in [1.54, 1.807) is 6.07 Å². The van der Waals surface area contributed by atoms with Crippen molar-refractivity contribution in [3.8, 4) is 5.75 Å². The van der Waals surface area contributed by atoms with Crippen LogP contribution in [0.1, 0.15) is 11.4 Å². The van der Waals surface area contributed by atoms with Crippen molar-refractivity contribution < 1.29 is 4.74 Å². The van der Waals surface area contributed by atoms with Gasteiger partial charge in [-0.1, -0.05) is 17.7 Å². The number of hydrogen-bond acceptors (Lipinski definition) is 2. The molecule has 4 heteroatoms. The maximum atomic E-state index is 5.86. The van der Waals surface area contributed by atoms with Crippen molar-refractivity contribution in [3.05, 3.63) is 46.7 Å². The second kappa shape index (κ2) is 4.58. The molecule has 0 fully saturated rings. The molecule has 2 aromatic rings. The molecule has 0 N–H and O–H groups in total. The molecule has 0 amide bonds. The molecule has 1 heterocycles. The molecule has 0 aliphatic heterocycles. The summed E-state index contributed by atoms with van der Waals surface area (Å²) in [7, 11) is 1.91. The number of aryl methyl sites for hydroxylation is 2. The minimum atomic E-state index is 0.460. The molecule has 2 rings (SSSR count). The van der Waals surface area contributed by atoms with Gasteiger partial charge < -0.3 is 4.74 Å². The minimum absolute atomic E-state index is 0.460. The fourth-order valence-corrected chi connectivity index (χ4v) is 1.60. The van der Waals surface area contributed by atoms with Gasteiger partial charge in [-0.25, -0.2) is 0 Å². The summed E-state index contributed by atoms with van der Waals surface area (Å²) in [5, 5.41) is 4.98. The quantitative estimate of drug-likeness (QED) is 0.819. The third-order valence-electron chi connectivity index (χ3n) is 2.35. The van der Waals surface area contributed by atoms with E-state index >= 15 is 0 Å². The maximum absolute atomic E-state index is 5.86. The van der Waals surface area contributed by atoms with Crippen LogP contribution in [0.3, 0.4) is 0 Å². The summed E-state index contributed by atoms with van der Waals surface area (Å²) < 4.78 is 7.41. The van der Waals surface area contributed by atoms with E-state index in [1.807, 2.05) is 42.9 Å². The summed E-state index contributed by atoms with van der Waals surface area (Å²) in [4.78, 5) is 0. The van der Waals surface area contributed by atoms with E-state index in [0.29, 0.717) is 11.6 Å². The van der Waals surface area contributed by atoms with Crippen LogP contribution in [0.4, 0.5) is 0 Å². The van der Waals surface area contributed by atoms with Crippen LogP contribution in [0.2, 0.25) is 5.02 Å². The Hall–Kier alpha value is -1.48. The van der Waals surface area contributed by atoms with Gasteiger partial charge in [0.25, 0.3) is 0 Å². The summed E-state index contributed by atoms with van der Waals surface area (Å²) in [5.41, 5.74) is 2.03. The molecular weight excluding hydrogens is 224 g/mol. The zero-order valence-electron chi connectivity index (χ0n) is 9.27.